The Labute approximate surface area is 140 Å². The van der Waals surface area contributed by atoms with Crippen molar-refractivity contribution >= 4 is 10.8 Å². The molecule has 2 heteroatoms. The maximum atomic E-state index is 12.4. The summed E-state index contributed by atoms with van der Waals surface area (Å²) < 4.78 is 12.4. The first-order chi connectivity index (χ1) is 11.2. The molecule has 0 heterocycles. The summed E-state index contributed by atoms with van der Waals surface area (Å²) in [5, 5.41) is 0. The fourth-order valence-corrected chi connectivity index (χ4v) is 3.94. The van der Waals surface area contributed by atoms with Gasteiger partial charge in [0.05, 0.1) is 0 Å². The van der Waals surface area contributed by atoms with Crippen molar-refractivity contribution in [3.05, 3.63) is 95.6 Å². The van der Waals surface area contributed by atoms with Gasteiger partial charge < -0.3 is 0 Å². The Bertz CT molecular complexity index is 792. The highest BCUT2D eigenvalue weighted by molar-refractivity contribution is 7.83. The van der Waals surface area contributed by atoms with Gasteiger partial charge in [-0.25, -0.2) is 0 Å². The lowest BCUT2D eigenvalue weighted by Gasteiger charge is -2.07. The molecule has 0 saturated carbocycles. The standard InChI is InChI=1S/C21H20OS/c1-17-7-5-6-10-21(17)16-23(22)15-18-11-13-20(14-12-18)19-8-3-2-4-9-19/h2-14H,15-16H2,1H3. The number of hydrogen-bond acceptors (Lipinski definition) is 1. The fourth-order valence-electron chi connectivity index (χ4n) is 2.61. The quantitative estimate of drug-likeness (QED) is 0.638. The number of rotatable bonds is 5. The number of benzene rings is 3. The van der Waals surface area contributed by atoms with Crippen LogP contribution in [0.5, 0.6) is 0 Å². The second kappa shape index (κ2) is 7.38. The molecule has 0 saturated heterocycles. The molecule has 0 aliphatic rings. The van der Waals surface area contributed by atoms with Crippen LogP contribution in [0, 0.1) is 6.92 Å². The Morgan fingerprint density at radius 3 is 2.00 bits per heavy atom. The van der Waals surface area contributed by atoms with Crippen molar-refractivity contribution < 1.29 is 4.21 Å². The first-order valence-corrected chi connectivity index (χ1v) is 9.25. The second-order valence-corrected chi connectivity index (χ2v) is 7.17. The lowest BCUT2D eigenvalue weighted by atomic mass is 10.0. The highest BCUT2D eigenvalue weighted by Crippen LogP contribution is 2.20. The minimum Gasteiger partial charge on any atom is -0.259 e. The summed E-state index contributed by atoms with van der Waals surface area (Å²) in [4.78, 5) is 0. The lowest BCUT2D eigenvalue weighted by molar-refractivity contribution is 0.682. The molecule has 0 bridgehead atoms. The van der Waals surface area contributed by atoms with Gasteiger partial charge in [0.2, 0.25) is 0 Å². The van der Waals surface area contributed by atoms with Gasteiger partial charge in [0, 0.05) is 22.3 Å². The third kappa shape index (κ3) is 4.17. The van der Waals surface area contributed by atoms with E-state index in [1.165, 1.54) is 22.3 Å². The van der Waals surface area contributed by atoms with E-state index in [2.05, 4.69) is 55.5 Å². The monoisotopic (exact) mass is 320 g/mol. The lowest BCUT2D eigenvalue weighted by Crippen LogP contribution is -2.01. The van der Waals surface area contributed by atoms with Gasteiger partial charge >= 0.3 is 0 Å². The van der Waals surface area contributed by atoms with Crippen LogP contribution in [0.15, 0.2) is 78.9 Å². The van der Waals surface area contributed by atoms with E-state index < -0.39 is 10.8 Å². The van der Waals surface area contributed by atoms with Crippen molar-refractivity contribution in [3.63, 3.8) is 0 Å². The van der Waals surface area contributed by atoms with Crippen LogP contribution in [0.1, 0.15) is 16.7 Å². The van der Waals surface area contributed by atoms with Gasteiger partial charge in [-0.05, 0) is 34.7 Å². The number of hydrogen-bond donors (Lipinski definition) is 0. The zero-order valence-electron chi connectivity index (χ0n) is 13.2. The minimum absolute atomic E-state index is 0.601. The molecule has 116 valence electrons. The van der Waals surface area contributed by atoms with Crippen LogP contribution >= 0.6 is 0 Å². The van der Waals surface area contributed by atoms with E-state index in [1.807, 2.05) is 30.3 Å². The average molecular weight is 320 g/mol. The zero-order valence-corrected chi connectivity index (χ0v) is 14.1. The first kappa shape index (κ1) is 15.7. The average Bonchev–Trinajstić information content (AvgIpc) is 2.58. The van der Waals surface area contributed by atoms with E-state index in [0.717, 1.165) is 5.56 Å². The molecule has 0 N–H and O–H groups in total. The largest absolute Gasteiger partial charge is 0.259 e. The molecule has 0 aromatic heterocycles. The third-order valence-corrected chi connectivity index (χ3v) is 5.25. The van der Waals surface area contributed by atoms with Crippen LogP contribution in [-0.4, -0.2) is 4.21 Å². The molecule has 0 aliphatic carbocycles. The van der Waals surface area contributed by atoms with Gasteiger partial charge in [-0.2, -0.15) is 0 Å². The van der Waals surface area contributed by atoms with Gasteiger partial charge in [-0.15, -0.1) is 0 Å². The fraction of sp³-hybridized carbons (Fsp3) is 0.143. The molecule has 1 unspecified atom stereocenters. The van der Waals surface area contributed by atoms with Gasteiger partial charge in [0.15, 0.2) is 0 Å². The van der Waals surface area contributed by atoms with Gasteiger partial charge in [-0.1, -0.05) is 78.9 Å². The summed E-state index contributed by atoms with van der Waals surface area (Å²) in [5.41, 5.74) is 5.91. The third-order valence-electron chi connectivity index (χ3n) is 3.97. The predicted molar refractivity (Wildman–Crippen MR) is 98.6 cm³/mol. The Morgan fingerprint density at radius 1 is 0.696 bits per heavy atom. The van der Waals surface area contributed by atoms with Crippen molar-refractivity contribution in [1.82, 2.24) is 0 Å². The van der Waals surface area contributed by atoms with Crippen LogP contribution in [0.25, 0.3) is 11.1 Å². The summed E-state index contributed by atoms with van der Waals surface area (Å²) in [6.45, 7) is 2.07. The Kier molecular flexibility index (Phi) is 5.04. The van der Waals surface area contributed by atoms with E-state index in [-0.39, 0.29) is 0 Å². The van der Waals surface area contributed by atoms with E-state index in [4.69, 9.17) is 0 Å². The predicted octanol–water partition coefficient (Wildman–Crippen LogP) is 5.11. The molecule has 23 heavy (non-hydrogen) atoms. The molecule has 0 aliphatic heterocycles. The maximum absolute atomic E-state index is 12.4. The minimum atomic E-state index is -0.883. The molecular weight excluding hydrogens is 300 g/mol. The molecule has 0 amide bonds. The smallest absolute Gasteiger partial charge is 0.0491 e. The summed E-state index contributed by atoms with van der Waals surface area (Å²) in [6, 6.07) is 26.8. The molecule has 3 rings (SSSR count). The molecule has 1 nitrogen and oxygen atoms in total. The summed E-state index contributed by atoms with van der Waals surface area (Å²) in [7, 11) is -0.883. The van der Waals surface area contributed by atoms with Gasteiger partial charge in [0.25, 0.3) is 0 Å². The SMILES string of the molecule is Cc1ccccc1CS(=O)Cc1ccc(-c2ccccc2)cc1. The highest BCUT2D eigenvalue weighted by atomic mass is 32.2. The van der Waals surface area contributed by atoms with E-state index >= 15 is 0 Å². The topological polar surface area (TPSA) is 17.1 Å². The van der Waals surface area contributed by atoms with Gasteiger partial charge in [0.1, 0.15) is 0 Å². The molecule has 3 aromatic carbocycles. The summed E-state index contributed by atoms with van der Waals surface area (Å²) in [6.07, 6.45) is 0. The Hall–Kier alpha value is -2.19. The van der Waals surface area contributed by atoms with Crippen molar-refractivity contribution in [2.45, 2.75) is 18.4 Å². The molecule has 1 atom stereocenters. The molecule has 0 spiro atoms. The molecule has 0 radical (unpaired) electrons. The van der Waals surface area contributed by atoms with Crippen LogP contribution in [0.2, 0.25) is 0 Å². The van der Waals surface area contributed by atoms with Crippen molar-refractivity contribution in [2.75, 3.05) is 0 Å². The Balaban J connectivity index is 1.66. The second-order valence-electron chi connectivity index (χ2n) is 5.72. The highest BCUT2D eigenvalue weighted by Gasteiger charge is 2.06. The van der Waals surface area contributed by atoms with E-state index in [0.29, 0.717) is 11.5 Å². The summed E-state index contributed by atoms with van der Waals surface area (Å²) >= 11 is 0. The number of aryl methyl sites for hydroxylation is 1. The molecule has 0 fully saturated rings. The maximum Gasteiger partial charge on any atom is 0.0491 e. The summed E-state index contributed by atoms with van der Waals surface area (Å²) in [5.74, 6) is 1.22. The van der Waals surface area contributed by atoms with Crippen molar-refractivity contribution in [3.8, 4) is 11.1 Å². The van der Waals surface area contributed by atoms with Crippen LogP contribution < -0.4 is 0 Å². The van der Waals surface area contributed by atoms with Crippen LogP contribution in [0.3, 0.4) is 0 Å². The zero-order chi connectivity index (χ0) is 16.1. The van der Waals surface area contributed by atoms with Gasteiger partial charge in [-0.3, -0.25) is 4.21 Å². The molecular formula is C21H20OS. The van der Waals surface area contributed by atoms with Crippen LogP contribution in [0.4, 0.5) is 0 Å². The Morgan fingerprint density at radius 2 is 1.30 bits per heavy atom. The van der Waals surface area contributed by atoms with E-state index in [9.17, 15) is 4.21 Å². The van der Waals surface area contributed by atoms with E-state index in [1.54, 1.807) is 0 Å². The first-order valence-electron chi connectivity index (χ1n) is 7.76. The van der Waals surface area contributed by atoms with Crippen molar-refractivity contribution in [2.24, 2.45) is 0 Å². The normalized spacial score (nSPS) is 12.0. The molecule has 3 aromatic rings. The van der Waals surface area contributed by atoms with Crippen molar-refractivity contribution in [1.29, 1.82) is 0 Å². The van der Waals surface area contributed by atoms with Crippen LogP contribution in [-0.2, 0) is 22.3 Å².